The molecule has 116 valence electrons. The highest BCUT2D eigenvalue weighted by Crippen LogP contribution is 2.24. The highest BCUT2D eigenvalue weighted by Gasteiger charge is 2.10. The number of hydrogen-bond acceptors (Lipinski definition) is 4. The molecular formula is C17H15N3O3. The Balaban J connectivity index is 1.94. The first kappa shape index (κ1) is 14.8. The van der Waals surface area contributed by atoms with E-state index in [0.29, 0.717) is 6.61 Å². The van der Waals surface area contributed by atoms with Crippen LogP contribution in [-0.2, 0) is 0 Å². The van der Waals surface area contributed by atoms with Crippen molar-refractivity contribution in [1.82, 2.24) is 15.0 Å². The maximum Gasteiger partial charge on any atom is 0.335 e. The summed E-state index contributed by atoms with van der Waals surface area (Å²) >= 11 is 0. The third-order valence-corrected chi connectivity index (χ3v) is 3.37. The monoisotopic (exact) mass is 309 g/mol. The van der Waals surface area contributed by atoms with Crippen molar-refractivity contribution < 1.29 is 14.6 Å². The van der Waals surface area contributed by atoms with Crippen LogP contribution in [0.15, 0.2) is 54.7 Å². The molecule has 0 fully saturated rings. The lowest BCUT2D eigenvalue weighted by atomic mass is 10.1. The molecule has 1 aromatic heterocycles. The van der Waals surface area contributed by atoms with Gasteiger partial charge in [-0.05, 0) is 55.5 Å². The number of carbonyl (C=O) groups is 1. The second-order valence-corrected chi connectivity index (χ2v) is 4.84. The number of carboxylic acids is 1. The van der Waals surface area contributed by atoms with Gasteiger partial charge in [0.1, 0.15) is 5.75 Å². The summed E-state index contributed by atoms with van der Waals surface area (Å²) in [4.78, 5) is 10.9. The summed E-state index contributed by atoms with van der Waals surface area (Å²) in [5.74, 6) is -0.150. The van der Waals surface area contributed by atoms with E-state index in [1.165, 1.54) is 0 Å². The van der Waals surface area contributed by atoms with Crippen LogP contribution in [0.3, 0.4) is 0 Å². The van der Waals surface area contributed by atoms with Gasteiger partial charge in [0.2, 0.25) is 0 Å². The number of aromatic carboxylic acids is 1. The zero-order valence-corrected chi connectivity index (χ0v) is 12.5. The molecule has 0 bridgehead atoms. The van der Waals surface area contributed by atoms with Gasteiger partial charge < -0.3 is 9.84 Å². The van der Waals surface area contributed by atoms with Gasteiger partial charge in [0.25, 0.3) is 0 Å². The van der Waals surface area contributed by atoms with Gasteiger partial charge in [0, 0.05) is 5.56 Å². The zero-order valence-electron chi connectivity index (χ0n) is 12.5. The summed E-state index contributed by atoms with van der Waals surface area (Å²) < 4.78 is 7.10. The highest BCUT2D eigenvalue weighted by atomic mass is 16.5. The molecule has 0 amide bonds. The Hall–Kier alpha value is -3.15. The number of benzene rings is 2. The van der Waals surface area contributed by atoms with E-state index < -0.39 is 5.97 Å². The lowest BCUT2D eigenvalue weighted by Gasteiger charge is -2.08. The quantitative estimate of drug-likeness (QED) is 0.784. The van der Waals surface area contributed by atoms with Gasteiger partial charge in [0.15, 0.2) is 0 Å². The molecule has 2 aromatic carbocycles. The first-order valence-corrected chi connectivity index (χ1v) is 7.16. The third kappa shape index (κ3) is 3.06. The van der Waals surface area contributed by atoms with E-state index in [0.717, 1.165) is 22.7 Å². The van der Waals surface area contributed by atoms with Crippen molar-refractivity contribution in [3.8, 4) is 22.7 Å². The minimum Gasteiger partial charge on any atom is -0.494 e. The zero-order chi connectivity index (χ0) is 16.2. The van der Waals surface area contributed by atoms with E-state index in [2.05, 4.69) is 10.3 Å². The first-order chi connectivity index (χ1) is 11.2. The van der Waals surface area contributed by atoms with Crippen LogP contribution in [0.4, 0.5) is 0 Å². The molecule has 6 heteroatoms. The van der Waals surface area contributed by atoms with Crippen molar-refractivity contribution in [2.24, 2.45) is 0 Å². The largest absolute Gasteiger partial charge is 0.494 e. The predicted molar refractivity (Wildman–Crippen MR) is 84.9 cm³/mol. The fraction of sp³-hybridized carbons (Fsp3) is 0.118. The molecule has 3 aromatic rings. The average Bonchev–Trinajstić information content (AvgIpc) is 3.05. The molecule has 0 saturated carbocycles. The summed E-state index contributed by atoms with van der Waals surface area (Å²) in [6.45, 7) is 2.56. The molecule has 0 aliphatic carbocycles. The van der Waals surface area contributed by atoms with Gasteiger partial charge in [-0.2, -0.15) is 0 Å². The van der Waals surface area contributed by atoms with E-state index in [1.807, 2.05) is 31.2 Å². The predicted octanol–water partition coefficient (Wildman–Crippen LogP) is 3.03. The minimum atomic E-state index is -0.957. The molecular weight excluding hydrogens is 294 g/mol. The Morgan fingerprint density at radius 2 is 1.83 bits per heavy atom. The normalized spacial score (nSPS) is 10.5. The van der Waals surface area contributed by atoms with Crippen LogP contribution >= 0.6 is 0 Å². The Bertz CT molecular complexity index is 808. The molecule has 0 unspecified atom stereocenters. The van der Waals surface area contributed by atoms with E-state index in [9.17, 15) is 4.79 Å². The number of nitrogens with zero attached hydrogens (tertiary/aromatic N) is 3. The Morgan fingerprint density at radius 1 is 1.13 bits per heavy atom. The topological polar surface area (TPSA) is 77.2 Å². The summed E-state index contributed by atoms with van der Waals surface area (Å²) in [5.41, 5.74) is 2.74. The van der Waals surface area contributed by atoms with Gasteiger partial charge >= 0.3 is 5.97 Å². The third-order valence-electron chi connectivity index (χ3n) is 3.37. The molecule has 0 saturated heterocycles. The highest BCUT2D eigenvalue weighted by molar-refractivity contribution is 5.87. The van der Waals surface area contributed by atoms with Crippen LogP contribution < -0.4 is 4.74 Å². The molecule has 3 rings (SSSR count). The number of rotatable bonds is 5. The number of hydrogen-bond donors (Lipinski definition) is 1. The molecule has 1 heterocycles. The van der Waals surface area contributed by atoms with Crippen LogP contribution in [0, 0.1) is 0 Å². The Labute approximate surface area is 133 Å². The number of aromatic nitrogens is 3. The van der Waals surface area contributed by atoms with Crippen molar-refractivity contribution in [3.63, 3.8) is 0 Å². The van der Waals surface area contributed by atoms with Crippen molar-refractivity contribution in [2.75, 3.05) is 6.61 Å². The average molecular weight is 309 g/mol. The summed E-state index contributed by atoms with van der Waals surface area (Å²) in [6.07, 6.45) is 1.67. The first-order valence-electron chi connectivity index (χ1n) is 7.16. The minimum absolute atomic E-state index is 0.233. The summed E-state index contributed by atoms with van der Waals surface area (Å²) in [7, 11) is 0. The molecule has 0 aliphatic heterocycles. The van der Waals surface area contributed by atoms with E-state index in [-0.39, 0.29) is 5.56 Å². The standard InChI is InChI=1S/C17H15N3O3/c1-2-23-15-9-5-12(6-10-15)16-11-18-19-20(16)14-7-3-13(4-8-14)17(21)22/h3-11H,2H2,1H3,(H,21,22). The summed E-state index contributed by atoms with van der Waals surface area (Å²) in [5, 5.41) is 17.0. The van der Waals surface area contributed by atoms with Gasteiger partial charge in [-0.3, -0.25) is 0 Å². The number of carboxylic acid groups (broad SMARTS) is 1. The summed E-state index contributed by atoms with van der Waals surface area (Å²) in [6, 6.07) is 14.2. The smallest absolute Gasteiger partial charge is 0.335 e. The maximum absolute atomic E-state index is 10.9. The van der Waals surface area contributed by atoms with E-state index in [4.69, 9.17) is 9.84 Å². The van der Waals surface area contributed by atoms with Crippen LogP contribution in [0.5, 0.6) is 5.75 Å². The van der Waals surface area contributed by atoms with Crippen molar-refractivity contribution in [3.05, 3.63) is 60.3 Å². The maximum atomic E-state index is 10.9. The van der Waals surface area contributed by atoms with Crippen LogP contribution in [0.25, 0.3) is 16.9 Å². The van der Waals surface area contributed by atoms with Crippen molar-refractivity contribution >= 4 is 5.97 Å². The fourth-order valence-electron chi connectivity index (χ4n) is 2.26. The van der Waals surface area contributed by atoms with Gasteiger partial charge in [0.05, 0.1) is 29.7 Å². The van der Waals surface area contributed by atoms with Gasteiger partial charge in [-0.1, -0.05) is 5.21 Å². The molecule has 0 atom stereocenters. The molecule has 1 N–H and O–H groups in total. The number of ether oxygens (including phenoxy) is 1. The second-order valence-electron chi connectivity index (χ2n) is 4.84. The second kappa shape index (κ2) is 6.31. The Kier molecular flexibility index (Phi) is 4.05. The van der Waals surface area contributed by atoms with Gasteiger partial charge in [-0.25, -0.2) is 9.48 Å². The molecule has 0 aliphatic rings. The van der Waals surface area contributed by atoms with Crippen LogP contribution in [0.2, 0.25) is 0 Å². The van der Waals surface area contributed by atoms with Crippen LogP contribution in [-0.4, -0.2) is 32.7 Å². The molecule has 23 heavy (non-hydrogen) atoms. The lowest BCUT2D eigenvalue weighted by Crippen LogP contribution is -2.01. The van der Waals surface area contributed by atoms with Crippen molar-refractivity contribution in [1.29, 1.82) is 0 Å². The van der Waals surface area contributed by atoms with E-state index in [1.54, 1.807) is 35.1 Å². The molecule has 0 spiro atoms. The fourth-order valence-corrected chi connectivity index (χ4v) is 2.26. The van der Waals surface area contributed by atoms with Gasteiger partial charge in [-0.15, -0.1) is 5.10 Å². The lowest BCUT2D eigenvalue weighted by molar-refractivity contribution is 0.0697. The SMILES string of the molecule is CCOc1ccc(-c2cnnn2-c2ccc(C(=O)O)cc2)cc1. The molecule has 0 radical (unpaired) electrons. The van der Waals surface area contributed by atoms with Crippen molar-refractivity contribution in [2.45, 2.75) is 6.92 Å². The van der Waals surface area contributed by atoms with E-state index >= 15 is 0 Å². The Morgan fingerprint density at radius 3 is 2.43 bits per heavy atom. The van der Waals surface area contributed by atoms with Crippen LogP contribution in [0.1, 0.15) is 17.3 Å². The molecule has 6 nitrogen and oxygen atoms in total.